The summed E-state index contributed by atoms with van der Waals surface area (Å²) >= 11 is 3.21. The average molecular weight is 356 g/mol. The van der Waals surface area contributed by atoms with Gasteiger partial charge in [-0.25, -0.2) is 8.42 Å². The number of phenols is 1. The van der Waals surface area contributed by atoms with E-state index in [0.29, 0.717) is 21.3 Å². The van der Waals surface area contributed by atoms with E-state index in [9.17, 15) is 13.5 Å². The van der Waals surface area contributed by atoms with Gasteiger partial charge in [0.2, 0.25) is 0 Å². The predicted molar refractivity (Wildman–Crippen MR) is 82.5 cm³/mol. The van der Waals surface area contributed by atoms with E-state index in [1.54, 1.807) is 38.1 Å². The van der Waals surface area contributed by atoms with Crippen molar-refractivity contribution in [3.8, 4) is 5.75 Å². The maximum atomic E-state index is 12.3. The molecule has 0 bridgehead atoms. The Balaban J connectivity index is 2.46. The number of phenolic OH excluding ortho intramolecular Hbond substituents is 1. The minimum absolute atomic E-state index is 0.116. The standard InChI is InChI=1S/C14H14BrNO3S/c1-9-10(2)14(17)12(15)8-13(9)16-20(18,19)11-6-4-3-5-7-11/h3-8,16-17H,1-2H3. The fraction of sp³-hybridized carbons (Fsp3) is 0.143. The summed E-state index contributed by atoms with van der Waals surface area (Å²) in [5.41, 5.74) is 1.76. The first-order chi connectivity index (χ1) is 9.33. The summed E-state index contributed by atoms with van der Waals surface area (Å²) in [4.78, 5) is 0.196. The van der Waals surface area contributed by atoms with Gasteiger partial charge in [-0.1, -0.05) is 18.2 Å². The minimum Gasteiger partial charge on any atom is -0.506 e. The molecule has 0 saturated heterocycles. The van der Waals surface area contributed by atoms with Crippen molar-refractivity contribution in [1.82, 2.24) is 0 Å². The number of nitrogens with one attached hydrogen (secondary N) is 1. The highest BCUT2D eigenvalue weighted by molar-refractivity contribution is 9.10. The summed E-state index contributed by atoms with van der Waals surface area (Å²) in [6, 6.07) is 9.70. The first-order valence-corrected chi connectivity index (χ1v) is 8.17. The Hall–Kier alpha value is -1.53. The van der Waals surface area contributed by atoms with Gasteiger partial charge in [0.25, 0.3) is 10.0 Å². The summed E-state index contributed by atoms with van der Waals surface area (Å²) in [6.07, 6.45) is 0. The molecule has 106 valence electrons. The topological polar surface area (TPSA) is 66.4 Å². The highest BCUT2D eigenvalue weighted by Crippen LogP contribution is 2.35. The number of hydrogen-bond acceptors (Lipinski definition) is 3. The van der Waals surface area contributed by atoms with Crippen LogP contribution >= 0.6 is 15.9 Å². The molecular weight excluding hydrogens is 342 g/mol. The molecule has 0 fully saturated rings. The van der Waals surface area contributed by atoms with E-state index < -0.39 is 10.0 Å². The Labute approximate surface area is 126 Å². The van der Waals surface area contributed by atoms with Crippen molar-refractivity contribution in [2.24, 2.45) is 0 Å². The average Bonchev–Trinajstić information content (AvgIpc) is 2.43. The van der Waals surface area contributed by atoms with Crippen LogP contribution in [0.2, 0.25) is 0 Å². The quantitative estimate of drug-likeness (QED) is 0.827. The van der Waals surface area contributed by atoms with Gasteiger partial charge in [0.1, 0.15) is 5.75 Å². The van der Waals surface area contributed by atoms with E-state index in [-0.39, 0.29) is 10.6 Å². The molecule has 0 unspecified atom stereocenters. The van der Waals surface area contributed by atoms with Gasteiger partial charge in [0.15, 0.2) is 0 Å². The molecule has 6 heteroatoms. The number of anilines is 1. The van der Waals surface area contributed by atoms with Crippen molar-refractivity contribution in [3.05, 3.63) is 52.0 Å². The van der Waals surface area contributed by atoms with E-state index in [1.807, 2.05) is 0 Å². The Morgan fingerprint density at radius 2 is 1.70 bits per heavy atom. The summed E-state index contributed by atoms with van der Waals surface area (Å²) < 4.78 is 27.5. The third-order valence-corrected chi connectivity index (χ3v) is 5.10. The second kappa shape index (κ2) is 5.46. The zero-order valence-electron chi connectivity index (χ0n) is 11.0. The van der Waals surface area contributed by atoms with Crippen LogP contribution in [0.5, 0.6) is 5.75 Å². The molecule has 0 radical (unpaired) electrons. The fourth-order valence-corrected chi connectivity index (χ4v) is 3.43. The molecule has 4 nitrogen and oxygen atoms in total. The molecule has 0 aromatic heterocycles. The van der Waals surface area contributed by atoms with Crippen molar-refractivity contribution in [3.63, 3.8) is 0 Å². The van der Waals surface area contributed by atoms with Crippen LogP contribution < -0.4 is 4.72 Å². The van der Waals surface area contributed by atoms with Crippen LogP contribution in [-0.2, 0) is 10.0 Å². The van der Waals surface area contributed by atoms with Crippen molar-refractivity contribution in [1.29, 1.82) is 0 Å². The van der Waals surface area contributed by atoms with Crippen molar-refractivity contribution in [2.45, 2.75) is 18.7 Å². The number of hydrogen-bond donors (Lipinski definition) is 2. The van der Waals surface area contributed by atoms with Crippen LogP contribution in [0.15, 0.2) is 45.8 Å². The third-order valence-electron chi connectivity index (χ3n) is 3.12. The molecule has 20 heavy (non-hydrogen) atoms. The molecule has 2 aromatic carbocycles. The van der Waals surface area contributed by atoms with Gasteiger partial charge >= 0.3 is 0 Å². The zero-order chi connectivity index (χ0) is 14.9. The summed E-state index contributed by atoms with van der Waals surface area (Å²) in [5, 5.41) is 9.80. The monoisotopic (exact) mass is 355 g/mol. The van der Waals surface area contributed by atoms with Gasteiger partial charge in [-0.3, -0.25) is 4.72 Å². The molecule has 0 spiro atoms. The van der Waals surface area contributed by atoms with Gasteiger partial charge in [0.05, 0.1) is 15.1 Å². The van der Waals surface area contributed by atoms with Crippen LogP contribution in [0, 0.1) is 13.8 Å². The number of halogens is 1. The van der Waals surface area contributed by atoms with Crippen LogP contribution in [0.4, 0.5) is 5.69 Å². The fourth-order valence-electron chi connectivity index (χ4n) is 1.77. The predicted octanol–water partition coefficient (Wildman–Crippen LogP) is 3.57. The lowest BCUT2D eigenvalue weighted by molar-refractivity contribution is 0.467. The second-order valence-corrected chi connectivity index (χ2v) is 6.96. The molecule has 2 aromatic rings. The maximum absolute atomic E-state index is 12.3. The van der Waals surface area contributed by atoms with Gasteiger partial charge in [-0.05, 0) is 59.1 Å². The van der Waals surface area contributed by atoms with E-state index in [0.717, 1.165) is 0 Å². The molecule has 0 aliphatic carbocycles. The van der Waals surface area contributed by atoms with E-state index in [2.05, 4.69) is 20.7 Å². The molecule has 0 heterocycles. The summed E-state index contributed by atoms with van der Waals surface area (Å²) in [6.45, 7) is 3.49. The van der Waals surface area contributed by atoms with Crippen molar-refractivity contribution >= 4 is 31.6 Å². The van der Waals surface area contributed by atoms with Crippen LogP contribution in [0.1, 0.15) is 11.1 Å². The summed E-state index contributed by atoms with van der Waals surface area (Å²) in [7, 11) is -3.63. The van der Waals surface area contributed by atoms with Crippen LogP contribution in [0.25, 0.3) is 0 Å². The molecule has 0 saturated carbocycles. The molecule has 0 aliphatic rings. The first kappa shape index (κ1) is 14.9. The van der Waals surface area contributed by atoms with Crippen LogP contribution in [0.3, 0.4) is 0 Å². The molecule has 2 rings (SSSR count). The van der Waals surface area contributed by atoms with Gasteiger partial charge in [0, 0.05) is 0 Å². The third kappa shape index (κ3) is 2.81. The highest BCUT2D eigenvalue weighted by atomic mass is 79.9. The number of sulfonamides is 1. The Bertz CT molecular complexity index is 743. The van der Waals surface area contributed by atoms with Crippen molar-refractivity contribution < 1.29 is 13.5 Å². The van der Waals surface area contributed by atoms with E-state index in [4.69, 9.17) is 0 Å². The molecule has 2 N–H and O–H groups in total. The Morgan fingerprint density at radius 1 is 1.10 bits per heavy atom. The number of rotatable bonds is 3. The van der Waals surface area contributed by atoms with Gasteiger partial charge < -0.3 is 5.11 Å². The van der Waals surface area contributed by atoms with Gasteiger partial charge in [-0.2, -0.15) is 0 Å². The van der Waals surface area contributed by atoms with Crippen molar-refractivity contribution in [2.75, 3.05) is 4.72 Å². The molecule has 0 aliphatic heterocycles. The SMILES string of the molecule is Cc1c(NS(=O)(=O)c2ccccc2)cc(Br)c(O)c1C. The normalized spacial score (nSPS) is 11.3. The Kier molecular flexibility index (Phi) is 4.06. The first-order valence-electron chi connectivity index (χ1n) is 5.89. The lowest BCUT2D eigenvalue weighted by Gasteiger charge is -2.14. The molecular formula is C14H14BrNO3S. The second-order valence-electron chi connectivity index (χ2n) is 4.42. The molecule has 0 amide bonds. The van der Waals surface area contributed by atoms with Crippen LogP contribution in [-0.4, -0.2) is 13.5 Å². The highest BCUT2D eigenvalue weighted by Gasteiger charge is 2.17. The Morgan fingerprint density at radius 3 is 2.30 bits per heavy atom. The minimum atomic E-state index is -3.63. The lowest BCUT2D eigenvalue weighted by atomic mass is 10.1. The zero-order valence-corrected chi connectivity index (χ0v) is 13.4. The smallest absolute Gasteiger partial charge is 0.261 e. The summed E-state index contributed by atoms with van der Waals surface area (Å²) in [5.74, 6) is 0.116. The van der Waals surface area contributed by atoms with E-state index >= 15 is 0 Å². The van der Waals surface area contributed by atoms with Gasteiger partial charge in [-0.15, -0.1) is 0 Å². The number of benzene rings is 2. The largest absolute Gasteiger partial charge is 0.506 e. The number of aromatic hydroxyl groups is 1. The molecule has 0 atom stereocenters. The maximum Gasteiger partial charge on any atom is 0.261 e. The van der Waals surface area contributed by atoms with E-state index in [1.165, 1.54) is 12.1 Å². The lowest BCUT2D eigenvalue weighted by Crippen LogP contribution is -2.14.